The van der Waals surface area contributed by atoms with Gasteiger partial charge in [0.1, 0.15) is 5.41 Å². The van der Waals surface area contributed by atoms with Crippen molar-refractivity contribution in [1.82, 2.24) is 9.88 Å². The van der Waals surface area contributed by atoms with Gasteiger partial charge in [-0.05, 0) is 30.7 Å². The van der Waals surface area contributed by atoms with Crippen LogP contribution in [0.1, 0.15) is 42.2 Å². The molecular weight excluding hydrogens is 344 g/mol. The van der Waals surface area contributed by atoms with Crippen LogP contribution in [0.5, 0.6) is 0 Å². The molecule has 1 aliphatic carbocycles. The molecule has 4 heterocycles. The van der Waals surface area contributed by atoms with E-state index < -0.39 is 11.6 Å². The summed E-state index contributed by atoms with van der Waals surface area (Å²) in [6.07, 6.45) is 1.34. The fourth-order valence-corrected chi connectivity index (χ4v) is 6.12. The molecular formula is C21H24N2O4. The van der Waals surface area contributed by atoms with Gasteiger partial charge in [-0.1, -0.05) is 31.5 Å². The van der Waals surface area contributed by atoms with Gasteiger partial charge in [0, 0.05) is 29.2 Å². The molecule has 4 aliphatic rings. The molecule has 6 nitrogen and oxygen atoms in total. The Morgan fingerprint density at radius 1 is 1.41 bits per heavy atom. The van der Waals surface area contributed by atoms with Gasteiger partial charge in [-0.15, -0.1) is 0 Å². The Morgan fingerprint density at radius 3 is 2.93 bits per heavy atom. The number of esters is 1. The van der Waals surface area contributed by atoms with Crippen LogP contribution in [0.15, 0.2) is 24.3 Å². The molecule has 2 N–H and O–H groups in total. The first-order valence-corrected chi connectivity index (χ1v) is 9.70. The number of hydrogen-bond donors (Lipinski definition) is 2. The normalized spacial score (nSPS) is 37.1. The minimum atomic E-state index is -1.23. The molecule has 1 saturated carbocycles. The minimum Gasteiger partial charge on any atom is -0.468 e. The Labute approximate surface area is 157 Å². The topological polar surface area (TPSA) is 82.6 Å². The lowest BCUT2D eigenvalue weighted by Gasteiger charge is -2.58. The molecule has 4 bridgehead atoms. The van der Waals surface area contributed by atoms with E-state index in [1.807, 2.05) is 29.2 Å². The van der Waals surface area contributed by atoms with Gasteiger partial charge >= 0.3 is 5.97 Å². The number of ketones is 1. The average molecular weight is 368 g/mol. The van der Waals surface area contributed by atoms with Gasteiger partial charge in [-0.2, -0.15) is 0 Å². The average Bonchev–Trinajstić information content (AvgIpc) is 3.09. The lowest BCUT2D eigenvalue weighted by molar-refractivity contribution is -0.170. The van der Waals surface area contributed by atoms with Gasteiger partial charge in [-0.25, -0.2) is 0 Å². The summed E-state index contributed by atoms with van der Waals surface area (Å²) in [5.41, 5.74) is 0.954. The highest BCUT2D eigenvalue weighted by atomic mass is 16.5. The van der Waals surface area contributed by atoms with Gasteiger partial charge in [0.25, 0.3) is 0 Å². The Bertz CT molecular complexity index is 951. The molecule has 1 aromatic heterocycles. The van der Waals surface area contributed by atoms with Gasteiger partial charge in [0.2, 0.25) is 5.78 Å². The van der Waals surface area contributed by atoms with E-state index in [0.29, 0.717) is 24.2 Å². The van der Waals surface area contributed by atoms with E-state index in [1.54, 1.807) is 0 Å². The van der Waals surface area contributed by atoms with E-state index in [0.717, 1.165) is 23.7 Å². The largest absolute Gasteiger partial charge is 0.468 e. The number of aromatic nitrogens is 1. The van der Waals surface area contributed by atoms with E-state index in [2.05, 4.69) is 11.9 Å². The Kier molecular flexibility index (Phi) is 3.55. The van der Waals surface area contributed by atoms with E-state index in [9.17, 15) is 14.7 Å². The highest BCUT2D eigenvalue weighted by Crippen LogP contribution is 2.56. The first kappa shape index (κ1) is 17.0. The third kappa shape index (κ3) is 1.97. The first-order chi connectivity index (χ1) is 13.0. The molecule has 0 spiro atoms. The second-order valence-electron chi connectivity index (χ2n) is 8.24. The zero-order chi connectivity index (χ0) is 18.9. The van der Waals surface area contributed by atoms with Crippen LogP contribution in [0, 0.1) is 11.8 Å². The van der Waals surface area contributed by atoms with Crippen LogP contribution in [0.4, 0.5) is 0 Å². The van der Waals surface area contributed by atoms with Crippen molar-refractivity contribution in [3.05, 3.63) is 35.5 Å². The van der Waals surface area contributed by atoms with Crippen molar-refractivity contribution in [3.63, 3.8) is 0 Å². The van der Waals surface area contributed by atoms with Crippen LogP contribution < -0.4 is 0 Å². The van der Waals surface area contributed by atoms with Crippen molar-refractivity contribution >= 4 is 22.7 Å². The zero-order valence-electron chi connectivity index (χ0n) is 15.6. The number of nitrogens with one attached hydrogen (secondary N) is 1. The minimum absolute atomic E-state index is 0.233. The molecule has 6 heteroatoms. The van der Waals surface area contributed by atoms with E-state index in [1.165, 1.54) is 7.11 Å². The third-order valence-corrected chi connectivity index (χ3v) is 7.05. The standard InChI is InChI=1S/C21H24N2O4/c1-3-12-8-11-9-21(20(26)27-2)17-15(13-6-4-5-7-14(13)22-17)16(24)19(25)23(10-11)18(12)21/h4-7,11-12,18-19,22,25H,3,8-10H2,1-2H3. The Hall–Kier alpha value is -2.18. The van der Waals surface area contributed by atoms with Gasteiger partial charge in [-0.3, -0.25) is 14.5 Å². The van der Waals surface area contributed by atoms with Gasteiger partial charge < -0.3 is 14.8 Å². The molecule has 3 aliphatic heterocycles. The van der Waals surface area contributed by atoms with Crippen LogP contribution in [0.3, 0.4) is 0 Å². The number of para-hydroxylation sites is 1. The monoisotopic (exact) mass is 368 g/mol. The summed E-state index contributed by atoms with van der Waals surface area (Å²) in [6.45, 7) is 2.76. The number of carbonyl (C=O) groups excluding carboxylic acids is 2. The molecule has 142 valence electrons. The number of fused-ring (bicyclic) bond motifs is 4. The number of hydrogen-bond acceptors (Lipinski definition) is 5. The quantitative estimate of drug-likeness (QED) is 0.794. The maximum absolute atomic E-state index is 13.3. The zero-order valence-corrected chi connectivity index (χ0v) is 15.6. The number of Topliss-reactive ketones (excluding diaryl/α,β-unsaturated/α-hetero) is 1. The number of aliphatic hydroxyl groups excluding tert-OH is 1. The number of aromatic amines is 1. The molecule has 6 unspecified atom stereocenters. The second-order valence-corrected chi connectivity index (χ2v) is 8.24. The van der Waals surface area contributed by atoms with Crippen LogP contribution in [0.2, 0.25) is 0 Å². The number of ether oxygens (including phenoxy) is 1. The predicted molar refractivity (Wildman–Crippen MR) is 99.3 cm³/mol. The molecule has 6 rings (SSSR count). The summed E-state index contributed by atoms with van der Waals surface area (Å²) < 4.78 is 5.31. The summed E-state index contributed by atoms with van der Waals surface area (Å²) in [4.78, 5) is 31.9. The maximum Gasteiger partial charge on any atom is 0.319 e. The number of piperidine rings is 2. The SMILES string of the molecule is CCC1CC2CN3C(O)C(=O)c4c([nH]c5ccccc45)C(C(=O)OC)(C2)C13. The maximum atomic E-state index is 13.3. The number of benzene rings is 1. The van der Waals surface area contributed by atoms with Crippen LogP contribution in [-0.4, -0.2) is 52.7 Å². The van der Waals surface area contributed by atoms with Crippen molar-refractivity contribution in [2.45, 2.75) is 43.9 Å². The lowest BCUT2D eigenvalue weighted by atomic mass is 9.56. The fraction of sp³-hybridized carbons (Fsp3) is 0.524. The van der Waals surface area contributed by atoms with Gasteiger partial charge in [0.15, 0.2) is 6.23 Å². The predicted octanol–water partition coefficient (Wildman–Crippen LogP) is 2.21. The molecule has 1 aromatic carbocycles. The first-order valence-electron chi connectivity index (χ1n) is 9.70. The van der Waals surface area contributed by atoms with E-state index >= 15 is 0 Å². The Morgan fingerprint density at radius 2 is 2.19 bits per heavy atom. The summed E-state index contributed by atoms with van der Waals surface area (Å²) >= 11 is 0. The number of aliphatic hydroxyl groups is 1. The second kappa shape index (κ2) is 5.66. The lowest BCUT2D eigenvalue weighted by Crippen LogP contribution is -2.69. The van der Waals surface area contributed by atoms with Crippen molar-refractivity contribution in [2.24, 2.45) is 11.8 Å². The molecule has 0 radical (unpaired) electrons. The van der Waals surface area contributed by atoms with Crippen LogP contribution in [0.25, 0.3) is 10.9 Å². The highest BCUT2D eigenvalue weighted by Gasteiger charge is 2.65. The Balaban J connectivity index is 1.88. The van der Waals surface area contributed by atoms with E-state index in [4.69, 9.17) is 4.74 Å². The van der Waals surface area contributed by atoms with Crippen LogP contribution in [-0.2, 0) is 14.9 Å². The molecule has 2 saturated heterocycles. The number of nitrogens with zero attached hydrogens (tertiary/aromatic N) is 1. The van der Waals surface area contributed by atoms with Crippen molar-refractivity contribution in [2.75, 3.05) is 13.7 Å². The molecule has 6 atom stereocenters. The number of H-pyrrole nitrogens is 1. The van der Waals surface area contributed by atoms with Crippen molar-refractivity contribution < 1.29 is 19.4 Å². The van der Waals surface area contributed by atoms with Crippen LogP contribution >= 0.6 is 0 Å². The number of rotatable bonds is 2. The summed E-state index contributed by atoms with van der Waals surface area (Å²) in [5, 5.41) is 11.8. The molecule has 3 fully saturated rings. The number of methoxy groups -OCH3 is 1. The smallest absolute Gasteiger partial charge is 0.319 e. The van der Waals surface area contributed by atoms with Gasteiger partial charge in [0.05, 0.1) is 12.7 Å². The number of carbonyl (C=O) groups is 2. The summed E-state index contributed by atoms with van der Waals surface area (Å²) in [7, 11) is 1.41. The third-order valence-electron chi connectivity index (χ3n) is 7.05. The van der Waals surface area contributed by atoms with Crippen molar-refractivity contribution in [3.8, 4) is 0 Å². The summed E-state index contributed by atoms with van der Waals surface area (Å²) in [5.74, 6) is -0.152. The fourth-order valence-electron chi connectivity index (χ4n) is 6.12. The molecule has 0 amide bonds. The van der Waals surface area contributed by atoms with Crippen molar-refractivity contribution in [1.29, 1.82) is 0 Å². The highest BCUT2D eigenvalue weighted by molar-refractivity contribution is 6.13. The molecule has 2 aromatic rings. The summed E-state index contributed by atoms with van der Waals surface area (Å²) in [6, 6.07) is 7.32. The van der Waals surface area contributed by atoms with E-state index in [-0.39, 0.29) is 29.6 Å². The molecule has 27 heavy (non-hydrogen) atoms.